The summed E-state index contributed by atoms with van der Waals surface area (Å²) in [5.74, 6) is 3.37. The summed E-state index contributed by atoms with van der Waals surface area (Å²) in [7, 11) is 0. The van der Waals surface area contributed by atoms with Crippen LogP contribution in [0.25, 0.3) is 0 Å². The Labute approximate surface area is 199 Å². The van der Waals surface area contributed by atoms with Gasteiger partial charge in [-0.25, -0.2) is 5.01 Å². The molecule has 6 rings (SSSR count). The summed E-state index contributed by atoms with van der Waals surface area (Å²) in [5, 5.41) is 7.17. The van der Waals surface area contributed by atoms with Crippen LogP contribution in [0.2, 0.25) is 0 Å². The maximum absolute atomic E-state index is 6.48. The highest BCUT2D eigenvalue weighted by Gasteiger charge is 2.41. The lowest BCUT2D eigenvalue weighted by atomic mass is 9.95. The van der Waals surface area contributed by atoms with Crippen molar-refractivity contribution in [2.75, 3.05) is 19.8 Å². The molecule has 174 valence electrons. The summed E-state index contributed by atoms with van der Waals surface area (Å²) in [6, 6.07) is 22.6. The molecule has 0 spiro atoms. The highest BCUT2D eigenvalue weighted by atomic mass is 16.6. The molecule has 6 nitrogen and oxygen atoms in total. The Kier molecular flexibility index (Phi) is 5.49. The fourth-order valence-electron chi connectivity index (χ4n) is 4.71. The van der Waals surface area contributed by atoms with Crippen molar-refractivity contribution in [1.82, 2.24) is 5.01 Å². The molecule has 0 fully saturated rings. The first-order chi connectivity index (χ1) is 16.8. The van der Waals surface area contributed by atoms with Gasteiger partial charge in [0, 0.05) is 23.1 Å². The van der Waals surface area contributed by atoms with Crippen LogP contribution < -0.4 is 18.9 Å². The first kappa shape index (κ1) is 20.9. The SMILES string of the molecule is CCCCOc1ccc([C@H]2Oc3ccccc3[C@H]3CC(c4ccc5c(c4)OCCO5)=NN32)cc1. The molecule has 0 aromatic heterocycles. The third-order valence-electron chi connectivity index (χ3n) is 6.51. The van der Waals surface area contributed by atoms with E-state index in [1.54, 1.807) is 0 Å². The van der Waals surface area contributed by atoms with E-state index in [1.807, 2.05) is 36.4 Å². The van der Waals surface area contributed by atoms with Crippen LogP contribution in [0, 0.1) is 0 Å². The van der Waals surface area contributed by atoms with Gasteiger partial charge in [-0.2, -0.15) is 5.10 Å². The van der Waals surface area contributed by atoms with Gasteiger partial charge < -0.3 is 18.9 Å². The first-order valence-electron chi connectivity index (χ1n) is 12.0. The molecular weight excluding hydrogens is 428 g/mol. The molecule has 3 aliphatic rings. The standard InChI is InChI=1S/C28H28N2O4/c1-2-3-14-31-21-11-8-19(9-12-21)28-30-24(22-6-4-5-7-25(22)34-28)18-23(29-30)20-10-13-26-27(17-20)33-16-15-32-26/h4-13,17,24,28H,2-3,14-16,18H2,1H3/t24-,28-/m1/s1. The third kappa shape index (κ3) is 3.83. The Hall–Kier alpha value is -3.67. The van der Waals surface area contributed by atoms with Gasteiger partial charge in [-0.1, -0.05) is 31.5 Å². The fraction of sp³-hybridized carbons (Fsp3) is 0.321. The Balaban J connectivity index is 1.32. The van der Waals surface area contributed by atoms with Crippen LogP contribution in [0.1, 0.15) is 55.1 Å². The molecule has 3 aromatic rings. The first-order valence-corrected chi connectivity index (χ1v) is 12.0. The van der Waals surface area contributed by atoms with E-state index >= 15 is 0 Å². The minimum Gasteiger partial charge on any atom is -0.494 e. The monoisotopic (exact) mass is 456 g/mol. The summed E-state index contributed by atoms with van der Waals surface area (Å²) in [4.78, 5) is 0. The van der Waals surface area contributed by atoms with Crippen LogP contribution >= 0.6 is 0 Å². The van der Waals surface area contributed by atoms with Crippen LogP contribution in [-0.4, -0.2) is 30.5 Å². The van der Waals surface area contributed by atoms with Gasteiger partial charge >= 0.3 is 0 Å². The van der Waals surface area contributed by atoms with Gasteiger partial charge in [0.25, 0.3) is 0 Å². The zero-order chi connectivity index (χ0) is 22.9. The van der Waals surface area contributed by atoms with Crippen LogP contribution in [0.4, 0.5) is 0 Å². The Bertz CT molecular complexity index is 1210. The maximum atomic E-state index is 6.48. The second kappa shape index (κ2) is 8.93. The number of hydrogen-bond acceptors (Lipinski definition) is 6. The molecule has 2 atom stereocenters. The topological polar surface area (TPSA) is 52.5 Å². The highest BCUT2D eigenvalue weighted by molar-refractivity contribution is 6.02. The molecule has 0 amide bonds. The summed E-state index contributed by atoms with van der Waals surface area (Å²) in [5.41, 5.74) is 4.28. The molecule has 6 heteroatoms. The number of fused-ring (bicyclic) bond motifs is 4. The largest absolute Gasteiger partial charge is 0.494 e. The minimum atomic E-state index is -0.306. The predicted octanol–water partition coefficient (Wildman–Crippen LogP) is 5.88. The van der Waals surface area contributed by atoms with Gasteiger partial charge in [0.1, 0.15) is 24.7 Å². The molecule has 0 saturated carbocycles. The van der Waals surface area contributed by atoms with Crippen LogP contribution in [0.3, 0.4) is 0 Å². The Morgan fingerprint density at radius 2 is 1.76 bits per heavy atom. The molecule has 0 bridgehead atoms. The zero-order valence-corrected chi connectivity index (χ0v) is 19.3. The quantitative estimate of drug-likeness (QED) is 0.434. The number of rotatable bonds is 6. The summed E-state index contributed by atoms with van der Waals surface area (Å²) in [6.07, 6.45) is 2.67. The van der Waals surface area contributed by atoms with E-state index in [0.717, 1.165) is 71.3 Å². The number of benzene rings is 3. The summed E-state index contributed by atoms with van der Waals surface area (Å²) >= 11 is 0. The summed E-state index contributed by atoms with van der Waals surface area (Å²) < 4.78 is 23.8. The lowest BCUT2D eigenvalue weighted by Gasteiger charge is -2.38. The highest BCUT2D eigenvalue weighted by Crippen LogP contribution is 2.48. The molecule has 3 aromatic carbocycles. The van der Waals surface area contributed by atoms with E-state index in [-0.39, 0.29) is 12.3 Å². The van der Waals surface area contributed by atoms with Crippen molar-refractivity contribution in [2.45, 2.75) is 38.5 Å². The Morgan fingerprint density at radius 1 is 0.941 bits per heavy atom. The third-order valence-corrected chi connectivity index (χ3v) is 6.51. The number of hydrogen-bond donors (Lipinski definition) is 0. The van der Waals surface area contributed by atoms with E-state index in [1.165, 1.54) is 0 Å². The van der Waals surface area contributed by atoms with Gasteiger partial charge in [-0.3, -0.25) is 0 Å². The Morgan fingerprint density at radius 3 is 2.62 bits per heavy atom. The molecule has 0 N–H and O–H groups in total. The number of unbranched alkanes of at least 4 members (excludes halogenated alkanes) is 1. The van der Waals surface area contributed by atoms with Crippen LogP contribution in [-0.2, 0) is 0 Å². The van der Waals surface area contributed by atoms with Crippen LogP contribution in [0.5, 0.6) is 23.0 Å². The number of ether oxygens (including phenoxy) is 4. The number of para-hydroxylation sites is 1. The van der Waals surface area contributed by atoms with Gasteiger partial charge in [0.05, 0.1) is 18.4 Å². The average Bonchev–Trinajstić information content (AvgIpc) is 3.34. The summed E-state index contributed by atoms with van der Waals surface area (Å²) in [6.45, 7) is 4.05. The average molecular weight is 457 g/mol. The van der Waals surface area contributed by atoms with Gasteiger partial charge in [0.2, 0.25) is 6.23 Å². The van der Waals surface area contributed by atoms with Gasteiger partial charge in [-0.05, 0) is 55.0 Å². The van der Waals surface area contributed by atoms with Crippen molar-refractivity contribution in [2.24, 2.45) is 5.10 Å². The van der Waals surface area contributed by atoms with Crippen molar-refractivity contribution in [1.29, 1.82) is 0 Å². The van der Waals surface area contributed by atoms with Crippen molar-refractivity contribution >= 4 is 5.71 Å². The van der Waals surface area contributed by atoms with E-state index in [9.17, 15) is 0 Å². The second-order valence-corrected chi connectivity index (χ2v) is 8.78. The molecule has 0 unspecified atom stereocenters. The molecule has 0 saturated heterocycles. The minimum absolute atomic E-state index is 0.110. The van der Waals surface area contributed by atoms with Crippen molar-refractivity contribution in [3.8, 4) is 23.0 Å². The molecular formula is C28H28N2O4. The van der Waals surface area contributed by atoms with Gasteiger partial charge in [-0.15, -0.1) is 0 Å². The molecule has 3 heterocycles. The van der Waals surface area contributed by atoms with Crippen molar-refractivity contribution in [3.05, 3.63) is 83.4 Å². The second-order valence-electron chi connectivity index (χ2n) is 8.78. The lowest BCUT2D eigenvalue weighted by molar-refractivity contribution is -0.0190. The normalized spacial score (nSPS) is 20.1. The van der Waals surface area contributed by atoms with Crippen molar-refractivity contribution in [3.63, 3.8) is 0 Å². The zero-order valence-electron chi connectivity index (χ0n) is 19.3. The fourth-order valence-corrected chi connectivity index (χ4v) is 4.71. The number of nitrogens with zero attached hydrogens (tertiary/aromatic N) is 2. The smallest absolute Gasteiger partial charge is 0.213 e. The molecule has 0 aliphatic carbocycles. The molecule has 3 aliphatic heterocycles. The van der Waals surface area contributed by atoms with E-state index in [0.29, 0.717) is 13.2 Å². The molecule has 34 heavy (non-hydrogen) atoms. The van der Waals surface area contributed by atoms with Crippen molar-refractivity contribution < 1.29 is 18.9 Å². The maximum Gasteiger partial charge on any atom is 0.213 e. The lowest BCUT2D eigenvalue weighted by Crippen LogP contribution is -2.33. The van der Waals surface area contributed by atoms with Gasteiger partial charge in [0.15, 0.2) is 11.5 Å². The predicted molar refractivity (Wildman–Crippen MR) is 130 cm³/mol. The van der Waals surface area contributed by atoms with Crippen LogP contribution in [0.15, 0.2) is 71.8 Å². The van der Waals surface area contributed by atoms with E-state index < -0.39 is 0 Å². The van der Waals surface area contributed by atoms with E-state index in [4.69, 9.17) is 24.0 Å². The number of hydrazone groups is 1. The molecule has 0 radical (unpaired) electrons. The van der Waals surface area contributed by atoms with E-state index in [2.05, 4.69) is 42.3 Å².